The van der Waals surface area contributed by atoms with Gasteiger partial charge in [0, 0.05) is 33.2 Å². The van der Waals surface area contributed by atoms with E-state index in [-0.39, 0.29) is 24.0 Å². The SMILES string of the molecule is CN=C(NCCN1CCOCC1)NC1CC2CCC1O2.I. The van der Waals surface area contributed by atoms with E-state index in [0.29, 0.717) is 18.2 Å². The molecule has 0 aliphatic carbocycles. The van der Waals surface area contributed by atoms with Crippen molar-refractivity contribution in [3.05, 3.63) is 0 Å². The molecule has 3 aliphatic heterocycles. The fourth-order valence-electron chi connectivity index (χ4n) is 3.32. The summed E-state index contributed by atoms with van der Waals surface area (Å²) in [5, 5.41) is 6.91. The second-order valence-electron chi connectivity index (χ2n) is 5.81. The van der Waals surface area contributed by atoms with Crippen LogP contribution in [0, 0.1) is 0 Å². The Labute approximate surface area is 144 Å². The quantitative estimate of drug-likeness (QED) is 0.400. The molecule has 7 heteroatoms. The van der Waals surface area contributed by atoms with Gasteiger partial charge in [0.25, 0.3) is 0 Å². The highest BCUT2D eigenvalue weighted by Gasteiger charge is 2.41. The number of halogens is 1. The van der Waals surface area contributed by atoms with Gasteiger partial charge < -0.3 is 20.1 Å². The van der Waals surface area contributed by atoms with Crippen molar-refractivity contribution in [1.82, 2.24) is 15.5 Å². The number of fused-ring (bicyclic) bond motifs is 2. The highest BCUT2D eigenvalue weighted by Crippen LogP contribution is 2.34. The Bertz CT molecular complexity index is 350. The Hall–Kier alpha value is -0.120. The molecule has 2 bridgehead atoms. The largest absolute Gasteiger partial charge is 0.379 e. The Morgan fingerprint density at radius 2 is 2.10 bits per heavy atom. The molecular formula is C14H27IN4O2. The van der Waals surface area contributed by atoms with Gasteiger partial charge in [-0.3, -0.25) is 9.89 Å². The van der Waals surface area contributed by atoms with Gasteiger partial charge in [-0.25, -0.2) is 0 Å². The lowest BCUT2D eigenvalue weighted by molar-refractivity contribution is 0.0389. The molecule has 3 saturated heterocycles. The van der Waals surface area contributed by atoms with E-state index < -0.39 is 0 Å². The van der Waals surface area contributed by atoms with E-state index in [2.05, 4.69) is 20.5 Å². The molecular weight excluding hydrogens is 383 g/mol. The van der Waals surface area contributed by atoms with Crippen molar-refractivity contribution in [2.45, 2.75) is 37.5 Å². The summed E-state index contributed by atoms with van der Waals surface area (Å²) in [4.78, 5) is 6.73. The molecule has 0 aromatic rings. The number of aliphatic imine (C=N–C) groups is 1. The van der Waals surface area contributed by atoms with Crippen molar-refractivity contribution >= 4 is 29.9 Å². The molecule has 0 aromatic carbocycles. The van der Waals surface area contributed by atoms with Crippen LogP contribution in [-0.4, -0.2) is 75.5 Å². The smallest absolute Gasteiger partial charge is 0.191 e. The molecule has 21 heavy (non-hydrogen) atoms. The van der Waals surface area contributed by atoms with Crippen molar-refractivity contribution in [3.8, 4) is 0 Å². The third kappa shape index (κ3) is 4.67. The summed E-state index contributed by atoms with van der Waals surface area (Å²) < 4.78 is 11.2. The minimum atomic E-state index is 0. The van der Waals surface area contributed by atoms with E-state index in [1.165, 1.54) is 12.8 Å². The van der Waals surface area contributed by atoms with Crippen LogP contribution in [-0.2, 0) is 9.47 Å². The molecule has 3 unspecified atom stereocenters. The maximum absolute atomic E-state index is 5.86. The summed E-state index contributed by atoms with van der Waals surface area (Å²) in [6.45, 7) is 5.74. The highest BCUT2D eigenvalue weighted by molar-refractivity contribution is 14.0. The zero-order valence-corrected chi connectivity index (χ0v) is 15.0. The zero-order chi connectivity index (χ0) is 13.8. The molecule has 3 heterocycles. The van der Waals surface area contributed by atoms with Crippen LogP contribution in [0.1, 0.15) is 19.3 Å². The van der Waals surface area contributed by atoms with Crippen molar-refractivity contribution in [2.75, 3.05) is 46.4 Å². The first-order valence-corrected chi connectivity index (χ1v) is 7.78. The van der Waals surface area contributed by atoms with Gasteiger partial charge in [0.15, 0.2) is 5.96 Å². The van der Waals surface area contributed by atoms with Gasteiger partial charge in [0.05, 0.1) is 31.5 Å². The standard InChI is InChI=1S/C14H26N4O2.HI/c1-15-14(16-4-5-18-6-8-19-9-7-18)17-12-10-11-2-3-13(12)20-11;/h11-13H,2-10H2,1H3,(H2,15,16,17);1H. The van der Waals surface area contributed by atoms with Gasteiger partial charge in [-0.1, -0.05) is 0 Å². The van der Waals surface area contributed by atoms with Crippen LogP contribution in [0.2, 0.25) is 0 Å². The lowest BCUT2D eigenvalue weighted by Crippen LogP contribution is -2.49. The molecule has 0 amide bonds. The molecule has 0 spiro atoms. The molecule has 3 aliphatic rings. The zero-order valence-electron chi connectivity index (χ0n) is 12.7. The van der Waals surface area contributed by atoms with Crippen molar-refractivity contribution in [1.29, 1.82) is 0 Å². The van der Waals surface area contributed by atoms with E-state index in [1.807, 2.05) is 7.05 Å². The summed E-state index contributed by atoms with van der Waals surface area (Å²) in [6.07, 6.45) is 4.40. The molecule has 2 N–H and O–H groups in total. The number of morpholine rings is 1. The van der Waals surface area contributed by atoms with Gasteiger partial charge in [-0.05, 0) is 19.3 Å². The first-order valence-electron chi connectivity index (χ1n) is 7.78. The van der Waals surface area contributed by atoms with Gasteiger partial charge in [-0.15, -0.1) is 24.0 Å². The molecule has 3 rings (SSSR count). The average molecular weight is 410 g/mol. The van der Waals surface area contributed by atoms with E-state index in [1.54, 1.807) is 0 Å². The molecule has 0 saturated carbocycles. The van der Waals surface area contributed by atoms with Crippen LogP contribution >= 0.6 is 24.0 Å². The van der Waals surface area contributed by atoms with E-state index >= 15 is 0 Å². The second kappa shape index (κ2) is 8.50. The first kappa shape index (κ1) is 17.2. The maximum atomic E-state index is 5.86. The second-order valence-corrected chi connectivity index (χ2v) is 5.81. The monoisotopic (exact) mass is 410 g/mol. The third-order valence-corrected chi connectivity index (χ3v) is 4.48. The molecule has 3 fully saturated rings. The normalized spacial score (nSPS) is 32.8. The van der Waals surface area contributed by atoms with Crippen LogP contribution in [0.25, 0.3) is 0 Å². The highest BCUT2D eigenvalue weighted by atomic mass is 127. The number of guanidine groups is 1. The lowest BCUT2D eigenvalue weighted by Gasteiger charge is -2.27. The first-order chi connectivity index (χ1) is 9.85. The van der Waals surface area contributed by atoms with Crippen LogP contribution in [0.4, 0.5) is 0 Å². The van der Waals surface area contributed by atoms with Crippen molar-refractivity contribution in [3.63, 3.8) is 0 Å². The molecule has 3 atom stereocenters. The molecule has 0 radical (unpaired) electrons. The maximum Gasteiger partial charge on any atom is 0.191 e. The minimum Gasteiger partial charge on any atom is -0.379 e. The van der Waals surface area contributed by atoms with Crippen LogP contribution in [0.5, 0.6) is 0 Å². The van der Waals surface area contributed by atoms with Gasteiger partial charge >= 0.3 is 0 Å². The van der Waals surface area contributed by atoms with Crippen LogP contribution in [0.15, 0.2) is 4.99 Å². The Morgan fingerprint density at radius 3 is 2.71 bits per heavy atom. The molecule has 122 valence electrons. The Kier molecular flexibility index (Phi) is 6.97. The van der Waals surface area contributed by atoms with Gasteiger partial charge in [0.1, 0.15) is 0 Å². The van der Waals surface area contributed by atoms with Crippen LogP contribution < -0.4 is 10.6 Å². The summed E-state index contributed by atoms with van der Waals surface area (Å²) in [6, 6.07) is 0.434. The number of hydrogen-bond donors (Lipinski definition) is 2. The third-order valence-electron chi connectivity index (χ3n) is 4.48. The number of rotatable bonds is 4. The molecule has 0 aromatic heterocycles. The number of ether oxygens (including phenoxy) is 2. The van der Waals surface area contributed by atoms with E-state index in [4.69, 9.17) is 9.47 Å². The molecule has 6 nitrogen and oxygen atoms in total. The number of nitrogens with zero attached hydrogens (tertiary/aromatic N) is 2. The van der Waals surface area contributed by atoms with Crippen LogP contribution in [0.3, 0.4) is 0 Å². The summed E-state index contributed by atoms with van der Waals surface area (Å²) >= 11 is 0. The summed E-state index contributed by atoms with van der Waals surface area (Å²) in [5.74, 6) is 0.902. The predicted molar refractivity (Wildman–Crippen MR) is 93.5 cm³/mol. The number of nitrogens with one attached hydrogen (secondary N) is 2. The van der Waals surface area contributed by atoms with Crippen molar-refractivity contribution in [2.24, 2.45) is 4.99 Å². The van der Waals surface area contributed by atoms with E-state index in [0.717, 1.165) is 51.8 Å². The fourth-order valence-corrected chi connectivity index (χ4v) is 3.32. The van der Waals surface area contributed by atoms with Gasteiger partial charge in [-0.2, -0.15) is 0 Å². The predicted octanol–water partition coefficient (Wildman–Crippen LogP) is 0.422. The summed E-state index contributed by atoms with van der Waals surface area (Å²) in [5.41, 5.74) is 0. The Morgan fingerprint density at radius 1 is 1.29 bits per heavy atom. The Balaban J connectivity index is 0.00000161. The van der Waals surface area contributed by atoms with Gasteiger partial charge in [0.2, 0.25) is 0 Å². The number of hydrogen-bond acceptors (Lipinski definition) is 4. The average Bonchev–Trinajstić information content (AvgIpc) is 3.10. The summed E-state index contributed by atoms with van der Waals surface area (Å²) in [7, 11) is 1.83. The lowest BCUT2D eigenvalue weighted by atomic mass is 9.96. The fraction of sp³-hybridized carbons (Fsp3) is 0.929. The van der Waals surface area contributed by atoms with Crippen molar-refractivity contribution < 1.29 is 9.47 Å². The van der Waals surface area contributed by atoms with E-state index in [9.17, 15) is 0 Å². The topological polar surface area (TPSA) is 58.1 Å². The minimum absolute atomic E-state index is 0.